The molecule has 1 heterocycles. The number of benzene rings is 1. The lowest BCUT2D eigenvalue weighted by molar-refractivity contribution is 0.553. The molecule has 0 amide bonds. The Hall–Kier alpha value is -1.45. The van der Waals surface area contributed by atoms with Crippen molar-refractivity contribution in [3.05, 3.63) is 29.6 Å². The van der Waals surface area contributed by atoms with Gasteiger partial charge in [0.15, 0.2) is 5.82 Å². The van der Waals surface area contributed by atoms with Crippen molar-refractivity contribution in [2.24, 2.45) is 0 Å². The van der Waals surface area contributed by atoms with Crippen LogP contribution in [0.4, 0.5) is 8.78 Å². The van der Waals surface area contributed by atoms with Crippen LogP contribution in [0.2, 0.25) is 0 Å². The molecule has 0 atom stereocenters. The minimum absolute atomic E-state index is 0.206. The number of halogens is 2. The molecule has 2 rings (SSSR count). The van der Waals surface area contributed by atoms with E-state index in [1.165, 1.54) is 6.07 Å². The molecule has 0 fully saturated rings. The third kappa shape index (κ3) is 1.71. The van der Waals surface area contributed by atoms with E-state index >= 15 is 0 Å². The summed E-state index contributed by atoms with van der Waals surface area (Å²) in [7, 11) is 0. The Morgan fingerprint density at radius 3 is 2.47 bits per heavy atom. The van der Waals surface area contributed by atoms with Crippen LogP contribution < -0.4 is 0 Å². The second kappa shape index (κ2) is 3.02. The van der Waals surface area contributed by atoms with Gasteiger partial charge in [-0.15, -0.1) is 0 Å². The van der Waals surface area contributed by atoms with E-state index in [0.717, 1.165) is 6.07 Å². The molecule has 1 N–H and O–H groups in total. The fourth-order valence-corrected chi connectivity index (χ4v) is 1.39. The number of fused-ring (bicyclic) bond motifs is 1. The van der Waals surface area contributed by atoms with Gasteiger partial charge in [0, 0.05) is 17.5 Å². The van der Waals surface area contributed by atoms with Gasteiger partial charge in [-0.3, -0.25) is 0 Å². The molecule has 0 spiro atoms. The molecule has 0 unspecified atom stereocenters. The third-order valence-corrected chi connectivity index (χ3v) is 2.22. The molecule has 0 aliphatic heterocycles. The predicted molar refractivity (Wildman–Crippen MR) is 54.7 cm³/mol. The highest BCUT2D eigenvalue weighted by Crippen LogP contribution is 2.24. The average Bonchev–Trinajstić information content (AvgIpc) is 2.46. The molecule has 0 aliphatic carbocycles. The molecule has 2 aromatic rings. The number of rotatable bonds is 0. The van der Waals surface area contributed by atoms with Gasteiger partial charge in [0.1, 0.15) is 17.2 Å². The fourth-order valence-electron chi connectivity index (χ4n) is 1.39. The number of imidazole rings is 1. The van der Waals surface area contributed by atoms with Crippen LogP contribution in [0.3, 0.4) is 0 Å². The number of nitrogens with zero attached hydrogens (tertiary/aromatic N) is 1. The smallest absolute Gasteiger partial charge is 0.151 e. The van der Waals surface area contributed by atoms with Crippen LogP contribution in [0.15, 0.2) is 12.1 Å². The molecule has 0 saturated carbocycles. The van der Waals surface area contributed by atoms with E-state index in [2.05, 4.69) is 9.97 Å². The van der Waals surface area contributed by atoms with E-state index in [1.807, 2.05) is 20.8 Å². The zero-order valence-electron chi connectivity index (χ0n) is 8.86. The van der Waals surface area contributed by atoms with Crippen molar-refractivity contribution in [2.75, 3.05) is 0 Å². The quantitative estimate of drug-likeness (QED) is 0.711. The highest BCUT2D eigenvalue weighted by molar-refractivity contribution is 5.76. The normalized spacial score (nSPS) is 12.3. The Morgan fingerprint density at radius 2 is 1.87 bits per heavy atom. The number of nitrogens with one attached hydrogen (secondary N) is 1. The number of aromatic nitrogens is 2. The Balaban J connectivity index is 2.71. The second-order valence-corrected chi connectivity index (χ2v) is 4.62. The summed E-state index contributed by atoms with van der Waals surface area (Å²) in [5.74, 6) is -0.554. The maximum absolute atomic E-state index is 13.3. The summed E-state index contributed by atoms with van der Waals surface area (Å²) < 4.78 is 26.2. The Kier molecular flexibility index (Phi) is 2.03. The van der Waals surface area contributed by atoms with Crippen molar-refractivity contribution in [2.45, 2.75) is 26.2 Å². The van der Waals surface area contributed by atoms with Crippen LogP contribution in [-0.4, -0.2) is 9.97 Å². The standard InChI is InChI=1S/C11H12F2N2/c1-11(2,3)10-14-8-5-6(12)4-7(13)9(8)15-10/h4-5H,1-3H3,(H,14,15). The summed E-state index contributed by atoms with van der Waals surface area (Å²) in [6.07, 6.45) is 0. The molecular weight excluding hydrogens is 198 g/mol. The Bertz CT molecular complexity index is 509. The third-order valence-electron chi connectivity index (χ3n) is 2.22. The van der Waals surface area contributed by atoms with Gasteiger partial charge in [-0.25, -0.2) is 13.8 Å². The molecule has 0 aliphatic rings. The van der Waals surface area contributed by atoms with Gasteiger partial charge in [0.05, 0.1) is 5.52 Å². The molecule has 4 heteroatoms. The van der Waals surface area contributed by atoms with Crippen LogP contribution in [0.25, 0.3) is 11.0 Å². The van der Waals surface area contributed by atoms with E-state index < -0.39 is 11.6 Å². The van der Waals surface area contributed by atoms with Crippen LogP contribution in [0.5, 0.6) is 0 Å². The number of hydrogen-bond acceptors (Lipinski definition) is 1. The van der Waals surface area contributed by atoms with Crippen molar-refractivity contribution >= 4 is 11.0 Å². The molecule has 80 valence electrons. The molecule has 1 aromatic heterocycles. The SMILES string of the molecule is CC(C)(C)c1nc2cc(F)cc(F)c2[nH]1. The molecule has 2 nitrogen and oxygen atoms in total. The minimum atomic E-state index is -0.605. The number of hydrogen-bond donors (Lipinski definition) is 1. The van der Waals surface area contributed by atoms with Crippen molar-refractivity contribution in [3.8, 4) is 0 Å². The highest BCUT2D eigenvalue weighted by Gasteiger charge is 2.19. The van der Waals surface area contributed by atoms with Crippen LogP contribution in [0.1, 0.15) is 26.6 Å². The zero-order chi connectivity index (χ0) is 11.2. The lowest BCUT2D eigenvalue weighted by Gasteiger charge is -2.13. The lowest BCUT2D eigenvalue weighted by atomic mass is 9.96. The van der Waals surface area contributed by atoms with Gasteiger partial charge >= 0.3 is 0 Å². The number of H-pyrrole nitrogens is 1. The first-order valence-corrected chi connectivity index (χ1v) is 4.73. The van der Waals surface area contributed by atoms with Gasteiger partial charge in [-0.05, 0) is 0 Å². The van der Waals surface area contributed by atoms with Gasteiger partial charge in [-0.2, -0.15) is 0 Å². The van der Waals surface area contributed by atoms with Crippen LogP contribution in [-0.2, 0) is 5.41 Å². The van der Waals surface area contributed by atoms with Gasteiger partial charge in [0.2, 0.25) is 0 Å². The molecule has 1 aromatic carbocycles. The summed E-state index contributed by atoms with van der Waals surface area (Å²) in [5, 5.41) is 0. The molecule has 0 radical (unpaired) electrons. The monoisotopic (exact) mass is 210 g/mol. The van der Waals surface area contributed by atoms with Crippen molar-refractivity contribution in [1.29, 1.82) is 0 Å². The Labute approximate surface area is 86.3 Å². The van der Waals surface area contributed by atoms with Gasteiger partial charge < -0.3 is 4.98 Å². The van der Waals surface area contributed by atoms with E-state index in [1.54, 1.807) is 0 Å². The average molecular weight is 210 g/mol. The summed E-state index contributed by atoms with van der Waals surface area (Å²) in [4.78, 5) is 7.05. The van der Waals surface area contributed by atoms with Crippen LogP contribution in [0, 0.1) is 11.6 Å². The van der Waals surface area contributed by atoms with E-state index in [0.29, 0.717) is 11.3 Å². The van der Waals surface area contributed by atoms with Crippen molar-refractivity contribution < 1.29 is 8.78 Å². The largest absolute Gasteiger partial charge is 0.339 e. The first-order valence-electron chi connectivity index (χ1n) is 4.73. The Morgan fingerprint density at radius 1 is 1.20 bits per heavy atom. The molecule has 15 heavy (non-hydrogen) atoms. The predicted octanol–water partition coefficient (Wildman–Crippen LogP) is 3.14. The molecule has 0 saturated heterocycles. The number of aromatic amines is 1. The topological polar surface area (TPSA) is 28.7 Å². The fraction of sp³-hybridized carbons (Fsp3) is 0.364. The summed E-state index contributed by atoms with van der Waals surface area (Å²) in [5.41, 5.74) is 0.390. The van der Waals surface area contributed by atoms with E-state index in [4.69, 9.17) is 0 Å². The van der Waals surface area contributed by atoms with Crippen molar-refractivity contribution in [1.82, 2.24) is 9.97 Å². The minimum Gasteiger partial charge on any atom is -0.339 e. The van der Waals surface area contributed by atoms with Crippen LogP contribution >= 0.6 is 0 Å². The second-order valence-electron chi connectivity index (χ2n) is 4.62. The summed E-state index contributed by atoms with van der Waals surface area (Å²) >= 11 is 0. The maximum Gasteiger partial charge on any atom is 0.151 e. The highest BCUT2D eigenvalue weighted by atomic mass is 19.1. The molecular formula is C11H12F2N2. The van der Waals surface area contributed by atoms with Gasteiger partial charge in [-0.1, -0.05) is 20.8 Å². The van der Waals surface area contributed by atoms with E-state index in [9.17, 15) is 8.78 Å². The summed E-state index contributed by atoms with van der Waals surface area (Å²) in [6.45, 7) is 5.87. The van der Waals surface area contributed by atoms with E-state index in [-0.39, 0.29) is 10.9 Å². The first-order chi connectivity index (χ1) is 6.88. The zero-order valence-corrected chi connectivity index (χ0v) is 8.86. The van der Waals surface area contributed by atoms with Crippen molar-refractivity contribution in [3.63, 3.8) is 0 Å². The van der Waals surface area contributed by atoms with Gasteiger partial charge in [0.25, 0.3) is 0 Å². The first kappa shape index (κ1) is 10.1. The summed E-state index contributed by atoms with van der Waals surface area (Å²) in [6, 6.07) is 2.08. The maximum atomic E-state index is 13.3. The molecule has 0 bridgehead atoms. The lowest BCUT2D eigenvalue weighted by Crippen LogP contribution is -2.12.